The maximum Gasteiger partial charge on any atom is 0.328 e. The van der Waals surface area contributed by atoms with E-state index in [0.29, 0.717) is 11.5 Å². The van der Waals surface area contributed by atoms with Crippen LogP contribution in [0.3, 0.4) is 0 Å². The van der Waals surface area contributed by atoms with Crippen LogP contribution in [0.5, 0.6) is 0 Å². The molecule has 0 aliphatic heterocycles. The monoisotopic (exact) mass is 165 g/mol. The molecule has 5 heteroatoms. The summed E-state index contributed by atoms with van der Waals surface area (Å²) in [5.41, 5.74) is 5.73. The number of nitrogens with two attached hydrogens (primary N) is 1. The zero-order valence-corrected chi connectivity index (χ0v) is 6.14. The molecule has 0 bridgehead atoms. The fraction of sp³-hybridized carbons (Fsp3) is 0. The third-order valence-electron chi connectivity index (χ3n) is 1.09. The third kappa shape index (κ3) is 2.37. The molecule has 0 atom stereocenters. The molecular weight excluding hydrogens is 158 g/mol. The number of aromatic nitrogens is 2. The van der Waals surface area contributed by atoms with Crippen molar-refractivity contribution < 1.29 is 9.90 Å². The standard InChI is InChI=1S/C7H7N3O2/c8-6-4-9-5(3-10-6)1-2-7(11)12/h1-4H,(H2,8,10)(H,11,12). The van der Waals surface area contributed by atoms with Crippen molar-refractivity contribution in [2.24, 2.45) is 0 Å². The van der Waals surface area contributed by atoms with Crippen molar-refractivity contribution in [3.05, 3.63) is 24.2 Å². The van der Waals surface area contributed by atoms with Gasteiger partial charge in [-0.1, -0.05) is 0 Å². The zero-order chi connectivity index (χ0) is 8.97. The van der Waals surface area contributed by atoms with Crippen LogP contribution in [0.15, 0.2) is 18.5 Å². The summed E-state index contributed by atoms with van der Waals surface area (Å²) in [6.45, 7) is 0. The van der Waals surface area contributed by atoms with E-state index in [-0.39, 0.29) is 0 Å². The minimum atomic E-state index is -1.02. The topological polar surface area (TPSA) is 89.1 Å². The molecule has 0 aliphatic carbocycles. The number of hydrogen-bond donors (Lipinski definition) is 2. The highest BCUT2D eigenvalue weighted by atomic mass is 16.4. The number of rotatable bonds is 2. The zero-order valence-electron chi connectivity index (χ0n) is 6.14. The first-order chi connectivity index (χ1) is 5.68. The van der Waals surface area contributed by atoms with E-state index in [9.17, 15) is 4.79 Å². The van der Waals surface area contributed by atoms with Crippen LogP contribution in [0, 0.1) is 0 Å². The van der Waals surface area contributed by atoms with Crippen molar-refractivity contribution in [1.29, 1.82) is 0 Å². The fourth-order valence-corrected chi connectivity index (χ4v) is 0.591. The minimum Gasteiger partial charge on any atom is -0.478 e. The average molecular weight is 165 g/mol. The van der Waals surface area contributed by atoms with E-state index in [1.54, 1.807) is 0 Å². The molecule has 0 spiro atoms. The molecule has 12 heavy (non-hydrogen) atoms. The molecule has 3 N–H and O–H groups in total. The maximum absolute atomic E-state index is 10.1. The minimum absolute atomic E-state index is 0.308. The average Bonchev–Trinajstić information content (AvgIpc) is 2.03. The number of nitrogens with zero attached hydrogens (tertiary/aromatic N) is 2. The van der Waals surface area contributed by atoms with E-state index in [2.05, 4.69) is 9.97 Å². The van der Waals surface area contributed by atoms with Crippen LogP contribution in [-0.2, 0) is 4.79 Å². The molecule has 5 nitrogen and oxygen atoms in total. The smallest absolute Gasteiger partial charge is 0.328 e. The van der Waals surface area contributed by atoms with Crippen molar-refractivity contribution >= 4 is 17.9 Å². The van der Waals surface area contributed by atoms with Crippen molar-refractivity contribution in [1.82, 2.24) is 9.97 Å². The largest absolute Gasteiger partial charge is 0.478 e. The number of carboxylic acids is 1. The number of carboxylic acid groups (broad SMARTS) is 1. The van der Waals surface area contributed by atoms with Gasteiger partial charge in [0, 0.05) is 6.08 Å². The van der Waals surface area contributed by atoms with E-state index in [1.165, 1.54) is 18.5 Å². The number of nitrogen functional groups attached to an aromatic ring is 1. The molecule has 1 heterocycles. The first kappa shape index (κ1) is 8.19. The van der Waals surface area contributed by atoms with Gasteiger partial charge in [0.05, 0.1) is 18.1 Å². The highest BCUT2D eigenvalue weighted by molar-refractivity contribution is 5.84. The Morgan fingerprint density at radius 2 is 2.25 bits per heavy atom. The van der Waals surface area contributed by atoms with Crippen molar-refractivity contribution in [3.8, 4) is 0 Å². The summed E-state index contributed by atoms with van der Waals surface area (Å²) >= 11 is 0. The Kier molecular flexibility index (Phi) is 2.37. The molecule has 0 radical (unpaired) electrons. The molecular formula is C7H7N3O2. The van der Waals surface area contributed by atoms with E-state index < -0.39 is 5.97 Å². The second-order valence-corrected chi connectivity index (χ2v) is 2.04. The van der Waals surface area contributed by atoms with Gasteiger partial charge in [0.2, 0.25) is 0 Å². The Morgan fingerprint density at radius 3 is 2.75 bits per heavy atom. The first-order valence-electron chi connectivity index (χ1n) is 3.17. The highest BCUT2D eigenvalue weighted by Crippen LogP contribution is 1.97. The van der Waals surface area contributed by atoms with Gasteiger partial charge in [-0.2, -0.15) is 0 Å². The molecule has 0 amide bonds. The Balaban J connectivity index is 2.77. The van der Waals surface area contributed by atoms with Gasteiger partial charge in [0.25, 0.3) is 0 Å². The van der Waals surface area contributed by atoms with Gasteiger partial charge in [-0.15, -0.1) is 0 Å². The van der Waals surface area contributed by atoms with Gasteiger partial charge in [-0.05, 0) is 6.08 Å². The van der Waals surface area contributed by atoms with Crippen molar-refractivity contribution in [2.45, 2.75) is 0 Å². The Morgan fingerprint density at radius 1 is 1.50 bits per heavy atom. The lowest BCUT2D eigenvalue weighted by Gasteiger charge is -1.91. The maximum atomic E-state index is 10.1. The Labute approximate surface area is 68.6 Å². The summed E-state index contributed by atoms with van der Waals surface area (Å²) in [6.07, 6.45) is 5.09. The van der Waals surface area contributed by atoms with Gasteiger partial charge < -0.3 is 10.8 Å². The quantitative estimate of drug-likeness (QED) is 0.609. The lowest BCUT2D eigenvalue weighted by atomic mass is 10.4. The predicted octanol–water partition coefficient (Wildman–Crippen LogP) is 0.157. The summed E-state index contributed by atoms with van der Waals surface area (Å²) in [5, 5.41) is 8.27. The lowest BCUT2D eigenvalue weighted by Crippen LogP contribution is -1.92. The normalized spacial score (nSPS) is 10.3. The van der Waals surface area contributed by atoms with Crippen LogP contribution < -0.4 is 5.73 Å². The van der Waals surface area contributed by atoms with E-state index in [4.69, 9.17) is 10.8 Å². The second-order valence-electron chi connectivity index (χ2n) is 2.04. The van der Waals surface area contributed by atoms with E-state index in [0.717, 1.165) is 6.08 Å². The van der Waals surface area contributed by atoms with Crippen LogP contribution in [0.1, 0.15) is 5.69 Å². The molecule has 0 aliphatic rings. The number of anilines is 1. The number of hydrogen-bond acceptors (Lipinski definition) is 4. The Hall–Kier alpha value is -1.91. The summed E-state index contributed by atoms with van der Waals surface area (Å²) in [4.78, 5) is 17.6. The molecule has 0 unspecified atom stereocenters. The second kappa shape index (κ2) is 3.47. The number of aliphatic carboxylic acids is 1. The summed E-state index contributed by atoms with van der Waals surface area (Å²) in [6, 6.07) is 0. The van der Waals surface area contributed by atoms with Crippen LogP contribution in [-0.4, -0.2) is 21.0 Å². The summed E-state index contributed by atoms with van der Waals surface area (Å²) in [7, 11) is 0. The molecule has 1 rings (SSSR count). The van der Waals surface area contributed by atoms with Gasteiger partial charge in [-0.3, -0.25) is 4.98 Å². The molecule has 0 fully saturated rings. The molecule has 0 aromatic carbocycles. The van der Waals surface area contributed by atoms with Gasteiger partial charge in [0.15, 0.2) is 0 Å². The van der Waals surface area contributed by atoms with Crippen molar-refractivity contribution in [3.63, 3.8) is 0 Å². The Bertz CT molecular complexity index is 305. The highest BCUT2D eigenvalue weighted by Gasteiger charge is 1.90. The molecule has 1 aromatic rings. The van der Waals surface area contributed by atoms with Crippen LogP contribution in [0.25, 0.3) is 6.08 Å². The molecule has 62 valence electrons. The van der Waals surface area contributed by atoms with E-state index >= 15 is 0 Å². The summed E-state index contributed by atoms with van der Waals surface area (Å²) in [5.74, 6) is -0.712. The van der Waals surface area contributed by atoms with Crippen LogP contribution in [0.2, 0.25) is 0 Å². The molecule has 1 aromatic heterocycles. The summed E-state index contributed by atoms with van der Waals surface area (Å²) < 4.78 is 0. The van der Waals surface area contributed by atoms with Gasteiger partial charge >= 0.3 is 5.97 Å². The lowest BCUT2D eigenvalue weighted by molar-refractivity contribution is -0.131. The SMILES string of the molecule is Nc1cnc(C=CC(=O)O)cn1. The molecule has 0 saturated heterocycles. The fourth-order valence-electron chi connectivity index (χ4n) is 0.591. The van der Waals surface area contributed by atoms with Crippen molar-refractivity contribution in [2.75, 3.05) is 5.73 Å². The third-order valence-corrected chi connectivity index (χ3v) is 1.09. The molecule has 0 saturated carbocycles. The predicted molar refractivity (Wildman–Crippen MR) is 43.1 cm³/mol. The first-order valence-corrected chi connectivity index (χ1v) is 3.17. The van der Waals surface area contributed by atoms with Gasteiger partial charge in [-0.25, -0.2) is 9.78 Å². The number of carbonyl (C=O) groups is 1. The van der Waals surface area contributed by atoms with Crippen LogP contribution in [0.4, 0.5) is 5.82 Å². The van der Waals surface area contributed by atoms with Crippen LogP contribution >= 0.6 is 0 Å². The van der Waals surface area contributed by atoms with E-state index in [1.807, 2.05) is 0 Å². The van der Waals surface area contributed by atoms with Gasteiger partial charge in [0.1, 0.15) is 5.82 Å².